The van der Waals surface area contributed by atoms with Crippen molar-refractivity contribution < 1.29 is 13.0 Å². The van der Waals surface area contributed by atoms with Crippen molar-refractivity contribution in [1.82, 2.24) is 0 Å². The first kappa shape index (κ1) is 16.0. The van der Waals surface area contributed by atoms with Crippen LogP contribution in [0.1, 0.15) is 78.1 Å². The molecule has 1 unspecified atom stereocenters. The quantitative estimate of drug-likeness (QED) is 0.731. The molecule has 0 saturated heterocycles. The van der Waals surface area contributed by atoms with Gasteiger partial charge in [-0.2, -0.15) is 8.42 Å². The predicted molar refractivity (Wildman–Crippen MR) is 75.3 cm³/mol. The van der Waals surface area contributed by atoms with Crippen LogP contribution >= 0.6 is 0 Å². The summed E-state index contributed by atoms with van der Waals surface area (Å²) < 4.78 is 31.8. The minimum absolute atomic E-state index is 0.382. The summed E-state index contributed by atoms with van der Waals surface area (Å²) in [5, 5.41) is -0.528. The zero-order valence-corrected chi connectivity index (χ0v) is 12.6. The van der Waals surface area contributed by atoms with Gasteiger partial charge in [-0.25, -0.2) is 0 Å². The fraction of sp³-hybridized carbons (Fsp3) is 1.00. The second-order valence-electron chi connectivity index (χ2n) is 6.50. The lowest BCUT2D eigenvalue weighted by atomic mass is 9.81. The molecule has 0 aromatic heterocycles. The van der Waals surface area contributed by atoms with Crippen molar-refractivity contribution in [3.8, 4) is 0 Å². The lowest BCUT2D eigenvalue weighted by Crippen LogP contribution is -2.21. The molecule has 0 aliphatic heterocycles. The average Bonchev–Trinajstić information content (AvgIpc) is 2.21. The second-order valence-corrected chi connectivity index (χ2v) is 8.20. The van der Waals surface area contributed by atoms with Crippen LogP contribution in [0, 0.1) is 5.41 Å². The molecule has 1 rings (SSSR count). The zero-order chi connectivity index (χ0) is 13.6. The Morgan fingerprint density at radius 1 is 0.889 bits per heavy atom. The van der Waals surface area contributed by atoms with Gasteiger partial charge in [-0.05, 0) is 31.1 Å². The van der Waals surface area contributed by atoms with Crippen molar-refractivity contribution >= 4 is 10.1 Å². The van der Waals surface area contributed by atoms with Gasteiger partial charge in [0.2, 0.25) is 0 Å². The maximum atomic E-state index is 11.3. The summed E-state index contributed by atoms with van der Waals surface area (Å²) in [5.74, 6) is 0. The van der Waals surface area contributed by atoms with Gasteiger partial charge in [-0.15, -0.1) is 0 Å². The van der Waals surface area contributed by atoms with Gasteiger partial charge < -0.3 is 0 Å². The molecule has 0 amide bonds. The summed E-state index contributed by atoms with van der Waals surface area (Å²) in [6.45, 7) is 4.61. The summed E-state index contributed by atoms with van der Waals surface area (Å²) in [6, 6.07) is 0. The van der Waals surface area contributed by atoms with Gasteiger partial charge in [0, 0.05) is 0 Å². The van der Waals surface area contributed by atoms with Crippen molar-refractivity contribution in [3.63, 3.8) is 0 Å². The van der Waals surface area contributed by atoms with Crippen molar-refractivity contribution in [2.24, 2.45) is 5.41 Å². The zero-order valence-electron chi connectivity index (χ0n) is 11.8. The van der Waals surface area contributed by atoms with Crippen LogP contribution in [0.5, 0.6) is 0 Å². The van der Waals surface area contributed by atoms with Gasteiger partial charge in [0.15, 0.2) is 0 Å². The van der Waals surface area contributed by atoms with Crippen LogP contribution in [0.2, 0.25) is 0 Å². The number of rotatable bonds is 1. The Hall–Kier alpha value is -0.0900. The monoisotopic (exact) mass is 276 g/mol. The van der Waals surface area contributed by atoms with Gasteiger partial charge in [0.1, 0.15) is 0 Å². The Balaban J connectivity index is 2.55. The molecule has 0 radical (unpaired) electrons. The number of hydrogen-bond donors (Lipinski definition) is 1. The Bertz CT molecular complexity index is 333. The minimum atomic E-state index is -3.84. The summed E-state index contributed by atoms with van der Waals surface area (Å²) >= 11 is 0. The van der Waals surface area contributed by atoms with Crippen LogP contribution in [0.4, 0.5) is 0 Å². The molecule has 1 N–H and O–H groups in total. The summed E-state index contributed by atoms with van der Waals surface area (Å²) in [7, 11) is -3.84. The van der Waals surface area contributed by atoms with E-state index < -0.39 is 15.4 Å². The third-order valence-corrected chi connectivity index (χ3v) is 5.49. The molecule has 0 spiro atoms. The molecule has 3 nitrogen and oxygen atoms in total. The van der Waals surface area contributed by atoms with Crippen LogP contribution < -0.4 is 0 Å². The molecule has 0 aromatic carbocycles. The van der Waals surface area contributed by atoms with Gasteiger partial charge in [-0.1, -0.05) is 52.4 Å². The Morgan fingerprint density at radius 2 is 1.33 bits per heavy atom. The molecule has 4 heteroatoms. The van der Waals surface area contributed by atoms with Crippen LogP contribution in [-0.4, -0.2) is 18.2 Å². The van der Waals surface area contributed by atoms with Crippen LogP contribution in [0.15, 0.2) is 0 Å². The predicted octanol–water partition coefficient (Wildman–Crippen LogP) is 4.18. The highest BCUT2D eigenvalue weighted by atomic mass is 32.2. The molecule has 1 saturated carbocycles. The Morgan fingerprint density at radius 3 is 1.89 bits per heavy atom. The van der Waals surface area contributed by atoms with Gasteiger partial charge in [0.25, 0.3) is 10.1 Å². The van der Waals surface area contributed by atoms with E-state index in [1.165, 1.54) is 19.3 Å². The van der Waals surface area contributed by atoms with Gasteiger partial charge in [-0.3, -0.25) is 4.55 Å². The molecular formula is C14H28O3S. The molecule has 0 bridgehead atoms. The van der Waals surface area contributed by atoms with E-state index >= 15 is 0 Å². The molecule has 18 heavy (non-hydrogen) atoms. The highest BCUT2D eigenvalue weighted by molar-refractivity contribution is 7.86. The highest BCUT2D eigenvalue weighted by Crippen LogP contribution is 2.31. The van der Waals surface area contributed by atoms with Crippen LogP contribution in [0.25, 0.3) is 0 Å². The largest absolute Gasteiger partial charge is 0.285 e. The molecule has 1 aliphatic carbocycles. The second kappa shape index (κ2) is 6.90. The van der Waals surface area contributed by atoms with E-state index in [2.05, 4.69) is 13.8 Å². The molecule has 108 valence electrons. The van der Waals surface area contributed by atoms with E-state index in [4.69, 9.17) is 0 Å². The first-order valence-corrected chi connectivity index (χ1v) is 8.78. The third kappa shape index (κ3) is 6.19. The third-order valence-electron chi connectivity index (χ3n) is 4.18. The smallest absolute Gasteiger partial charge is 0.267 e. The summed E-state index contributed by atoms with van der Waals surface area (Å²) in [5.41, 5.74) is 0.382. The molecule has 1 atom stereocenters. The molecule has 0 aromatic rings. The van der Waals surface area contributed by atoms with Crippen molar-refractivity contribution in [1.29, 1.82) is 0 Å². The first-order chi connectivity index (χ1) is 8.31. The molecule has 0 heterocycles. The van der Waals surface area contributed by atoms with Crippen molar-refractivity contribution in [2.75, 3.05) is 0 Å². The fourth-order valence-electron chi connectivity index (χ4n) is 2.87. The Labute approximate surface area is 112 Å². The number of hydrogen-bond acceptors (Lipinski definition) is 2. The van der Waals surface area contributed by atoms with Crippen molar-refractivity contribution in [2.45, 2.75) is 83.3 Å². The van der Waals surface area contributed by atoms with Crippen molar-refractivity contribution in [3.05, 3.63) is 0 Å². The van der Waals surface area contributed by atoms with Gasteiger partial charge in [0.05, 0.1) is 5.25 Å². The fourth-order valence-corrected chi connectivity index (χ4v) is 3.80. The van der Waals surface area contributed by atoms with Gasteiger partial charge >= 0.3 is 0 Å². The lowest BCUT2D eigenvalue weighted by molar-refractivity contribution is 0.279. The first-order valence-electron chi connectivity index (χ1n) is 7.28. The molecular weight excluding hydrogens is 248 g/mol. The normalized spacial score (nSPS) is 28.1. The van der Waals surface area contributed by atoms with E-state index in [9.17, 15) is 13.0 Å². The Kier molecular flexibility index (Phi) is 6.12. The maximum absolute atomic E-state index is 11.3. The standard InChI is InChI=1S/C14H28O3S/c1-14(2)11-7-4-3-5-9-13(18(15,16)17)10-6-8-12-14/h13H,3-12H2,1-2H3,(H,15,16,17). The summed E-state index contributed by atoms with van der Waals surface area (Å²) in [6.07, 6.45) is 10.1. The van der Waals surface area contributed by atoms with Crippen LogP contribution in [0.3, 0.4) is 0 Å². The maximum Gasteiger partial charge on any atom is 0.267 e. The van der Waals surface area contributed by atoms with E-state index in [1.54, 1.807) is 0 Å². The molecule has 1 fully saturated rings. The van der Waals surface area contributed by atoms with E-state index in [-0.39, 0.29) is 0 Å². The van der Waals surface area contributed by atoms with E-state index in [0.29, 0.717) is 18.3 Å². The van der Waals surface area contributed by atoms with E-state index in [1.807, 2.05) is 0 Å². The average molecular weight is 276 g/mol. The molecule has 1 aliphatic rings. The minimum Gasteiger partial charge on any atom is -0.285 e. The highest BCUT2D eigenvalue weighted by Gasteiger charge is 2.23. The summed E-state index contributed by atoms with van der Waals surface area (Å²) in [4.78, 5) is 0. The van der Waals surface area contributed by atoms with Crippen LogP contribution in [-0.2, 0) is 10.1 Å². The SMILES string of the molecule is CC1(C)CCCCCCC(S(=O)(=O)O)CCCC1. The topological polar surface area (TPSA) is 54.4 Å². The lowest BCUT2D eigenvalue weighted by Gasteiger charge is -2.25. The van der Waals surface area contributed by atoms with E-state index in [0.717, 1.165) is 32.1 Å².